The third-order valence-electron chi connectivity index (χ3n) is 4.59. The van der Waals surface area contributed by atoms with Gasteiger partial charge >= 0.3 is 0 Å². The third kappa shape index (κ3) is 3.33. The van der Waals surface area contributed by atoms with Gasteiger partial charge in [-0.2, -0.15) is 0 Å². The second kappa shape index (κ2) is 7.11. The topological polar surface area (TPSA) is 57.7 Å². The maximum atomic E-state index is 13.3. The van der Waals surface area contributed by atoms with E-state index in [1.54, 1.807) is 35.2 Å². The zero-order valence-electron chi connectivity index (χ0n) is 15.3. The number of rotatable bonds is 4. The first-order chi connectivity index (χ1) is 12.3. The first kappa shape index (κ1) is 18.5. The number of amides is 1. The highest BCUT2D eigenvalue weighted by Crippen LogP contribution is 2.32. The molecule has 6 heteroatoms. The van der Waals surface area contributed by atoms with Gasteiger partial charge in [0, 0.05) is 25.2 Å². The highest BCUT2D eigenvalue weighted by molar-refractivity contribution is 7.92. The molecule has 0 unspecified atom stereocenters. The van der Waals surface area contributed by atoms with E-state index in [1.165, 1.54) is 11.2 Å². The highest BCUT2D eigenvalue weighted by Gasteiger charge is 2.29. The standard InChI is InChI=1S/C20H24N2O3S/c1-15(2)22(18-9-5-4-6-10-18)26(24,25)19-11-12-20-17(14-19)8-7-13-21(20)16(3)23/h4-6,9-12,14-15H,7-8,13H2,1-3H3. The molecule has 0 fully saturated rings. The Balaban J connectivity index is 2.06. The highest BCUT2D eigenvalue weighted by atomic mass is 32.2. The third-order valence-corrected chi connectivity index (χ3v) is 6.59. The maximum absolute atomic E-state index is 13.3. The van der Waals surface area contributed by atoms with Gasteiger partial charge in [-0.15, -0.1) is 0 Å². The molecule has 138 valence electrons. The van der Waals surface area contributed by atoms with Crippen LogP contribution in [0, 0.1) is 0 Å². The number of para-hydroxylation sites is 1. The van der Waals surface area contributed by atoms with Crippen LogP contribution in [0.3, 0.4) is 0 Å². The van der Waals surface area contributed by atoms with E-state index in [-0.39, 0.29) is 16.8 Å². The van der Waals surface area contributed by atoms with Crippen LogP contribution >= 0.6 is 0 Å². The van der Waals surface area contributed by atoms with Crippen molar-refractivity contribution in [2.45, 2.75) is 44.6 Å². The van der Waals surface area contributed by atoms with Crippen LogP contribution < -0.4 is 9.21 Å². The van der Waals surface area contributed by atoms with Crippen LogP contribution in [-0.2, 0) is 21.2 Å². The summed E-state index contributed by atoms with van der Waals surface area (Å²) in [5, 5.41) is 0. The van der Waals surface area contributed by atoms with Crippen molar-refractivity contribution in [2.24, 2.45) is 0 Å². The minimum Gasteiger partial charge on any atom is -0.312 e. The zero-order chi connectivity index (χ0) is 18.9. The average Bonchev–Trinajstić information content (AvgIpc) is 2.61. The summed E-state index contributed by atoms with van der Waals surface area (Å²) in [5.41, 5.74) is 2.37. The number of nitrogens with zero attached hydrogens (tertiary/aromatic N) is 2. The lowest BCUT2D eigenvalue weighted by Gasteiger charge is -2.31. The predicted molar refractivity (Wildman–Crippen MR) is 104 cm³/mol. The second-order valence-electron chi connectivity index (χ2n) is 6.79. The van der Waals surface area contributed by atoms with Gasteiger partial charge in [-0.25, -0.2) is 8.42 Å². The Morgan fingerprint density at radius 3 is 2.42 bits per heavy atom. The van der Waals surface area contributed by atoms with E-state index in [4.69, 9.17) is 0 Å². The van der Waals surface area contributed by atoms with Gasteiger partial charge in [0.1, 0.15) is 0 Å². The van der Waals surface area contributed by atoms with Crippen molar-refractivity contribution in [3.63, 3.8) is 0 Å². The SMILES string of the molecule is CC(=O)N1CCCc2cc(S(=O)(=O)N(c3ccccc3)C(C)C)ccc21. The molecule has 0 atom stereocenters. The second-order valence-corrected chi connectivity index (χ2v) is 8.61. The quantitative estimate of drug-likeness (QED) is 0.824. The van der Waals surface area contributed by atoms with E-state index in [0.717, 1.165) is 24.1 Å². The number of sulfonamides is 1. The Hall–Kier alpha value is -2.34. The van der Waals surface area contributed by atoms with Crippen LogP contribution in [0.2, 0.25) is 0 Å². The van der Waals surface area contributed by atoms with Gasteiger partial charge in [-0.1, -0.05) is 18.2 Å². The lowest BCUT2D eigenvalue weighted by molar-refractivity contribution is -0.116. The normalized spacial score (nSPS) is 14.2. The van der Waals surface area contributed by atoms with Gasteiger partial charge in [-0.05, 0) is 62.6 Å². The van der Waals surface area contributed by atoms with Crippen LogP contribution in [0.15, 0.2) is 53.4 Å². The molecule has 1 heterocycles. The molecule has 0 radical (unpaired) electrons. The molecule has 0 saturated heterocycles. The summed E-state index contributed by atoms with van der Waals surface area (Å²) < 4.78 is 28.1. The summed E-state index contributed by atoms with van der Waals surface area (Å²) >= 11 is 0. The fourth-order valence-corrected chi connectivity index (χ4v) is 5.18. The summed E-state index contributed by atoms with van der Waals surface area (Å²) in [6.07, 6.45) is 1.61. The van der Waals surface area contributed by atoms with E-state index >= 15 is 0 Å². The number of hydrogen-bond donors (Lipinski definition) is 0. The fourth-order valence-electron chi connectivity index (χ4n) is 3.46. The molecule has 5 nitrogen and oxygen atoms in total. The summed E-state index contributed by atoms with van der Waals surface area (Å²) in [7, 11) is -3.69. The molecule has 3 rings (SSSR count). The van der Waals surface area contributed by atoms with Crippen molar-refractivity contribution in [3.05, 3.63) is 54.1 Å². The molecule has 1 amide bonds. The molecule has 1 aliphatic rings. The lowest BCUT2D eigenvalue weighted by atomic mass is 10.0. The van der Waals surface area contributed by atoms with Crippen molar-refractivity contribution in [1.82, 2.24) is 0 Å². The average molecular weight is 372 g/mol. The Bertz CT molecular complexity index is 908. The van der Waals surface area contributed by atoms with Crippen molar-refractivity contribution < 1.29 is 13.2 Å². The summed E-state index contributed by atoms with van der Waals surface area (Å²) in [6.45, 7) is 5.94. The molecule has 0 N–H and O–H groups in total. The summed E-state index contributed by atoms with van der Waals surface area (Å²) in [5.74, 6) is -0.0188. The Morgan fingerprint density at radius 2 is 1.81 bits per heavy atom. The lowest BCUT2D eigenvalue weighted by Crippen LogP contribution is -2.37. The molecular weight excluding hydrogens is 348 g/mol. The van der Waals surface area contributed by atoms with Crippen LogP contribution in [0.25, 0.3) is 0 Å². The van der Waals surface area contributed by atoms with E-state index in [1.807, 2.05) is 32.0 Å². The number of hydrogen-bond acceptors (Lipinski definition) is 3. The molecule has 0 bridgehead atoms. The van der Waals surface area contributed by atoms with Crippen LogP contribution in [-0.4, -0.2) is 26.9 Å². The van der Waals surface area contributed by atoms with E-state index < -0.39 is 10.0 Å². The first-order valence-corrected chi connectivity index (χ1v) is 10.3. The molecule has 0 saturated carbocycles. The Morgan fingerprint density at radius 1 is 1.12 bits per heavy atom. The summed E-state index contributed by atoms with van der Waals surface area (Å²) in [6, 6.07) is 14.0. The van der Waals surface area contributed by atoms with Gasteiger partial charge in [-0.3, -0.25) is 9.10 Å². The van der Waals surface area contributed by atoms with Crippen LogP contribution in [0.4, 0.5) is 11.4 Å². The van der Waals surface area contributed by atoms with Gasteiger partial charge in [0.15, 0.2) is 0 Å². The fraction of sp³-hybridized carbons (Fsp3) is 0.350. The number of fused-ring (bicyclic) bond motifs is 1. The molecule has 0 spiro atoms. The van der Waals surface area contributed by atoms with Crippen molar-refractivity contribution >= 4 is 27.3 Å². The maximum Gasteiger partial charge on any atom is 0.264 e. The van der Waals surface area contributed by atoms with Crippen molar-refractivity contribution in [3.8, 4) is 0 Å². The van der Waals surface area contributed by atoms with Gasteiger partial charge in [0.05, 0.1) is 10.6 Å². The molecule has 2 aromatic rings. The van der Waals surface area contributed by atoms with E-state index in [9.17, 15) is 13.2 Å². The molecule has 0 aromatic heterocycles. The molecule has 2 aromatic carbocycles. The minimum atomic E-state index is -3.69. The first-order valence-electron chi connectivity index (χ1n) is 8.83. The molecular formula is C20H24N2O3S. The van der Waals surface area contributed by atoms with Gasteiger partial charge in [0.2, 0.25) is 5.91 Å². The van der Waals surface area contributed by atoms with Crippen molar-refractivity contribution in [1.29, 1.82) is 0 Å². The van der Waals surface area contributed by atoms with E-state index in [0.29, 0.717) is 12.2 Å². The Labute approximate surface area is 155 Å². The molecule has 1 aliphatic heterocycles. The van der Waals surface area contributed by atoms with Gasteiger partial charge in [0.25, 0.3) is 10.0 Å². The van der Waals surface area contributed by atoms with E-state index in [2.05, 4.69) is 0 Å². The number of carbonyl (C=O) groups is 1. The monoisotopic (exact) mass is 372 g/mol. The zero-order valence-corrected chi connectivity index (χ0v) is 16.2. The largest absolute Gasteiger partial charge is 0.312 e. The van der Waals surface area contributed by atoms with Crippen LogP contribution in [0.5, 0.6) is 0 Å². The number of benzene rings is 2. The van der Waals surface area contributed by atoms with Crippen LogP contribution in [0.1, 0.15) is 32.8 Å². The predicted octanol–water partition coefficient (Wildman–Crippen LogP) is 3.59. The number of carbonyl (C=O) groups excluding carboxylic acids is 1. The smallest absolute Gasteiger partial charge is 0.264 e. The van der Waals surface area contributed by atoms with Gasteiger partial charge < -0.3 is 4.90 Å². The Kier molecular flexibility index (Phi) is 5.05. The number of anilines is 2. The minimum absolute atomic E-state index is 0.0188. The molecule has 0 aliphatic carbocycles. The van der Waals surface area contributed by atoms with Crippen molar-refractivity contribution in [2.75, 3.05) is 15.7 Å². The molecule has 26 heavy (non-hydrogen) atoms. The number of aryl methyl sites for hydroxylation is 1. The summed E-state index contributed by atoms with van der Waals surface area (Å²) in [4.78, 5) is 13.8.